The van der Waals surface area contributed by atoms with Crippen molar-refractivity contribution in [3.63, 3.8) is 0 Å². The van der Waals surface area contributed by atoms with Crippen LogP contribution in [-0.4, -0.2) is 27.3 Å². The minimum Gasteiger partial charge on any atom is -0.342 e. The highest BCUT2D eigenvalue weighted by molar-refractivity contribution is 7.23. The van der Waals surface area contributed by atoms with Crippen LogP contribution in [0.3, 0.4) is 0 Å². The highest BCUT2D eigenvalue weighted by Crippen LogP contribution is 2.32. The molecule has 2 aromatic heterocycles. The van der Waals surface area contributed by atoms with E-state index in [0.717, 1.165) is 20.9 Å². The number of hydrogen-bond acceptors (Lipinski definition) is 7. The van der Waals surface area contributed by atoms with E-state index in [2.05, 4.69) is 59.2 Å². The number of nitrogens with one attached hydrogen (secondary N) is 1. The van der Waals surface area contributed by atoms with Crippen molar-refractivity contribution in [1.29, 1.82) is 0 Å². The number of aromatic nitrogens is 3. The fourth-order valence-corrected chi connectivity index (χ4v) is 4.37. The van der Waals surface area contributed by atoms with Crippen molar-refractivity contribution in [3.8, 4) is 0 Å². The Morgan fingerprint density at radius 3 is 2.36 bits per heavy atom. The second-order valence-corrected chi connectivity index (χ2v) is 7.58. The topological polar surface area (TPSA) is 53.9 Å². The van der Waals surface area contributed by atoms with Gasteiger partial charge in [0.05, 0.1) is 10.2 Å². The van der Waals surface area contributed by atoms with Gasteiger partial charge in [-0.25, -0.2) is 4.98 Å². The van der Waals surface area contributed by atoms with Crippen LogP contribution in [0.25, 0.3) is 10.2 Å². The molecule has 1 N–H and O–H groups in total. The molecule has 0 fully saturated rings. The lowest BCUT2D eigenvalue weighted by Crippen LogP contribution is -2.36. The van der Waals surface area contributed by atoms with E-state index in [4.69, 9.17) is 0 Å². The first-order valence-corrected chi connectivity index (χ1v) is 8.92. The summed E-state index contributed by atoms with van der Waals surface area (Å²) in [6, 6.07) is 8.89. The molecule has 5 nitrogen and oxygen atoms in total. The third-order valence-electron chi connectivity index (χ3n) is 3.26. The molecule has 1 aromatic carbocycles. The molecule has 3 aromatic rings. The van der Waals surface area contributed by atoms with Crippen molar-refractivity contribution in [3.05, 3.63) is 24.3 Å². The van der Waals surface area contributed by atoms with Crippen LogP contribution in [0.2, 0.25) is 0 Å². The van der Waals surface area contributed by atoms with Crippen molar-refractivity contribution >= 4 is 48.3 Å². The second kappa shape index (κ2) is 6.18. The summed E-state index contributed by atoms with van der Waals surface area (Å²) in [6.07, 6.45) is 0. The summed E-state index contributed by atoms with van der Waals surface area (Å²) < 4.78 is 1.17. The van der Waals surface area contributed by atoms with Crippen LogP contribution in [0.15, 0.2) is 24.3 Å². The van der Waals surface area contributed by atoms with Gasteiger partial charge in [0.1, 0.15) is 0 Å². The molecular weight excluding hydrogens is 314 g/mol. The normalized spacial score (nSPS) is 11.5. The fourth-order valence-electron chi connectivity index (χ4n) is 2.43. The number of fused-ring (bicyclic) bond motifs is 1. The van der Waals surface area contributed by atoms with Gasteiger partial charge in [-0.2, -0.15) is 0 Å². The first-order chi connectivity index (χ1) is 10.5. The van der Waals surface area contributed by atoms with Gasteiger partial charge in [-0.1, -0.05) is 34.8 Å². The molecule has 0 saturated heterocycles. The zero-order chi connectivity index (χ0) is 15.7. The molecule has 0 aliphatic carbocycles. The largest absolute Gasteiger partial charge is 0.342 e. The van der Waals surface area contributed by atoms with Crippen molar-refractivity contribution in [1.82, 2.24) is 15.2 Å². The number of anilines is 3. The van der Waals surface area contributed by atoms with Crippen LogP contribution in [0, 0.1) is 0 Å². The van der Waals surface area contributed by atoms with Gasteiger partial charge in [0, 0.05) is 12.1 Å². The molecular formula is C15H19N5S2. The van der Waals surface area contributed by atoms with Crippen molar-refractivity contribution in [2.45, 2.75) is 39.8 Å². The minimum atomic E-state index is 0.392. The third kappa shape index (κ3) is 3.05. The van der Waals surface area contributed by atoms with Crippen molar-refractivity contribution < 1.29 is 0 Å². The first-order valence-electron chi connectivity index (χ1n) is 7.29. The van der Waals surface area contributed by atoms with Gasteiger partial charge in [-0.3, -0.25) is 0 Å². The van der Waals surface area contributed by atoms with Gasteiger partial charge < -0.3 is 10.2 Å². The molecule has 116 valence electrons. The number of para-hydroxylation sites is 1. The average molecular weight is 333 g/mol. The van der Waals surface area contributed by atoms with Gasteiger partial charge in [0.15, 0.2) is 5.13 Å². The highest BCUT2D eigenvalue weighted by atomic mass is 32.1. The van der Waals surface area contributed by atoms with E-state index in [9.17, 15) is 0 Å². The van der Waals surface area contributed by atoms with Crippen molar-refractivity contribution in [2.24, 2.45) is 0 Å². The predicted molar refractivity (Wildman–Crippen MR) is 95.6 cm³/mol. The zero-order valence-electron chi connectivity index (χ0n) is 13.1. The maximum absolute atomic E-state index is 4.57. The molecule has 22 heavy (non-hydrogen) atoms. The molecule has 0 unspecified atom stereocenters. The van der Waals surface area contributed by atoms with Crippen LogP contribution >= 0.6 is 22.7 Å². The van der Waals surface area contributed by atoms with Gasteiger partial charge in [-0.05, 0) is 39.8 Å². The van der Waals surface area contributed by atoms with Gasteiger partial charge in [-0.15, -0.1) is 10.2 Å². The van der Waals surface area contributed by atoms with E-state index >= 15 is 0 Å². The SMILES string of the molecule is CC(C)N(c1nnc(Nc2nc3ccccc3s2)s1)C(C)C. The lowest BCUT2D eigenvalue weighted by Gasteiger charge is -2.29. The maximum atomic E-state index is 4.57. The maximum Gasteiger partial charge on any atom is 0.213 e. The van der Waals surface area contributed by atoms with Crippen LogP contribution in [-0.2, 0) is 0 Å². The summed E-state index contributed by atoms with van der Waals surface area (Å²) in [5, 5.41) is 14.4. The van der Waals surface area contributed by atoms with E-state index in [0.29, 0.717) is 12.1 Å². The standard InChI is InChI=1S/C15H19N5S2/c1-9(2)20(10(3)4)15-19-18-14(22-15)17-13-16-11-7-5-6-8-12(11)21-13/h5-10H,1-4H3,(H,16,17,18). The Kier molecular flexibility index (Phi) is 4.26. The Hall–Kier alpha value is -1.73. The predicted octanol–water partition coefficient (Wildman–Crippen LogP) is 4.51. The Morgan fingerprint density at radius 2 is 1.68 bits per heavy atom. The van der Waals surface area contributed by atoms with Crippen LogP contribution in [0.1, 0.15) is 27.7 Å². The second-order valence-electron chi connectivity index (χ2n) is 5.60. The molecule has 0 spiro atoms. The molecule has 0 aliphatic rings. The molecule has 0 bridgehead atoms. The van der Waals surface area contributed by atoms with Gasteiger partial charge in [0.2, 0.25) is 10.3 Å². The van der Waals surface area contributed by atoms with Crippen molar-refractivity contribution in [2.75, 3.05) is 10.2 Å². The summed E-state index contributed by atoms with van der Waals surface area (Å²) in [7, 11) is 0. The Labute approximate surface area is 138 Å². The smallest absolute Gasteiger partial charge is 0.213 e. The summed E-state index contributed by atoms with van der Waals surface area (Å²) in [5.74, 6) is 0. The molecule has 2 heterocycles. The Balaban J connectivity index is 1.81. The molecule has 7 heteroatoms. The van der Waals surface area contributed by atoms with Gasteiger partial charge in [0.25, 0.3) is 0 Å². The Bertz CT molecular complexity index is 721. The summed E-state index contributed by atoms with van der Waals surface area (Å²) in [5.41, 5.74) is 1.01. The van der Waals surface area contributed by atoms with E-state index < -0.39 is 0 Å². The number of rotatable bonds is 5. The number of benzene rings is 1. The van der Waals surface area contributed by atoms with E-state index in [1.54, 1.807) is 22.7 Å². The molecule has 0 amide bonds. The highest BCUT2D eigenvalue weighted by Gasteiger charge is 2.19. The number of nitrogens with zero attached hydrogens (tertiary/aromatic N) is 4. The monoisotopic (exact) mass is 333 g/mol. The van der Waals surface area contributed by atoms with E-state index in [-0.39, 0.29) is 0 Å². The average Bonchev–Trinajstić information content (AvgIpc) is 3.04. The first kappa shape index (κ1) is 15.2. The minimum absolute atomic E-state index is 0.392. The summed E-state index contributed by atoms with van der Waals surface area (Å²) in [4.78, 5) is 6.83. The van der Waals surface area contributed by atoms with E-state index in [1.165, 1.54) is 4.70 Å². The summed E-state index contributed by atoms with van der Waals surface area (Å²) in [6.45, 7) is 8.67. The zero-order valence-corrected chi connectivity index (χ0v) is 14.7. The molecule has 0 radical (unpaired) electrons. The van der Waals surface area contributed by atoms with Crippen LogP contribution < -0.4 is 10.2 Å². The van der Waals surface area contributed by atoms with Crippen LogP contribution in [0.5, 0.6) is 0 Å². The fraction of sp³-hybridized carbons (Fsp3) is 0.400. The van der Waals surface area contributed by atoms with E-state index in [1.807, 2.05) is 18.2 Å². The summed E-state index contributed by atoms with van der Waals surface area (Å²) >= 11 is 3.19. The van der Waals surface area contributed by atoms with Gasteiger partial charge >= 0.3 is 0 Å². The molecule has 0 aliphatic heterocycles. The lowest BCUT2D eigenvalue weighted by atomic mass is 10.2. The number of thiazole rings is 1. The molecule has 3 rings (SSSR count). The quantitative estimate of drug-likeness (QED) is 0.744. The lowest BCUT2D eigenvalue weighted by molar-refractivity contribution is 0.603. The Morgan fingerprint density at radius 1 is 0.955 bits per heavy atom. The molecule has 0 saturated carbocycles. The van der Waals surface area contributed by atoms with Crippen LogP contribution in [0.4, 0.5) is 15.4 Å². The molecule has 0 atom stereocenters. The number of hydrogen-bond donors (Lipinski definition) is 1. The third-order valence-corrected chi connectivity index (χ3v) is 5.06.